The first-order valence-electron chi connectivity index (χ1n) is 10.8. The number of ether oxygens (including phenoxy) is 1. The van der Waals surface area contributed by atoms with Gasteiger partial charge in [0.1, 0.15) is 17.1 Å². The second-order valence-electron chi connectivity index (χ2n) is 7.90. The molecule has 35 heavy (non-hydrogen) atoms. The summed E-state index contributed by atoms with van der Waals surface area (Å²) in [7, 11) is 1.55. The highest BCUT2D eigenvalue weighted by Gasteiger charge is 2.21. The van der Waals surface area contributed by atoms with Crippen molar-refractivity contribution in [2.24, 2.45) is 0 Å². The van der Waals surface area contributed by atoms with Gasteiger partial charge in [0.15, 0.2) is 0 Å². The van der Waals surface area contributed by atoms with E-state index in [4.69, 9.17) is 4.74 Å². The number of methoxy groups -OCH3 is 1. The summed E-state index contributed by atoms with van der Waals surface area (Å²) < 4.78 is 19.6. The lowest BCUT2D eigenvalue weighted by molar-refractivity contribution is -0.383. The van der Waals surface area contributed by atoms with Gasteiger partial charge in [0, 0.05) is 12.6 Å². The van der Waals surface area contributed by atoms with Crippen LogP contribution in [0.1, 0.15) is 21.5 Å². The molecule has 1 heterocycles. The predicted octanol–water partition coefficient (Wildman–Crippen LogP) is 4.08. The van der Waals surface area contributed by atoms with Crippen molar-refractivity contribution >= 4 is 22.5 Å². The van der Waals surface area contributed by atoms with Crippen LogP contribution in [0.3, 0.4) is 0 Å². The molecule has 0 aliphatic rings. The van der Waals surface area contributed by atoms with E-state index in [2.05, 4.69) is 5.32 Å². The zero-order valence-electron chi connectivity index (χ0n) is 18.9. The van der Waals surface area contributed by atoms with E-state index in [-0.39, 0.29) is 35.5 Å². The molecule has 178 valence electrons. The molecule has 0 radical (unpaired) electrons. The molecule has 1 N–H and O–H groups in total. The Labute approximate surface area is 199 Å². The van der Waals surface area contributed by atoms with Crippen LogP contribution in [0.2, 0.25) is 0 Å². The molecular weight excluding hydrogens is 453 g/mol. The Hall–Kier alpha value is -4.53. The van der Waals surface area contributed by atoms with Gasteiger partial charge in [-0.3, -0.25) is 19.7 Å². The van der Waals surface area contributed by atoms with Gasteiger partial charge in [-0.25, -0.2) is 4.39 Å². The van der Waals surface area contributed by atoms with E-state index < -0.39 is 16.4 Å². The number of nitro benzene ring substituents is 1. The molecule has 0 unspecified atom stereocenters. The highest BCUT2D eigenvalue weighted by molar-refractivity contribution is 5.99. The second-order valence-corrected chi connectivity index (χ2v) is 7.90. The molecule has 4 aromatic rings. The van der Waals surface area contributed by atoms with Crippen LogP contribution in [-0.4, -0.2) is 29.1 Å². The third-order valence-electron chi connectivity index (χ3n) is 5.67. The fraction of sp³-hybridized carbons (Fsp3) is 0.154. The Morgan fingerprint density at radius 2 is 1.74 bits per heavy atom. The summed E-state index contributed by atoms with van der Waals surface area (Å²) in [6.07, 6.45) is 0.430. The molecule has 0 spiro atoms. The summed E-state index contributed by atoms with van der Waals surface area (Å²) >= 11 is 0. The lowest BCUT2D eigenvalue weighted by Gasteiger charge is -2.14. The van der Waals surface area contributed by atoms with Crippen LogP contribution < -0.4 is 15.6 Å². The molecular formula is C26H22FN3O5. The van der Waals surface area contributed by atoms with Crippen LogP contribution in [0.4, 0.5) is 10.1 Å². The van der Waals surface area contributed by atoms with E-state index in [1.54, 1.807) is 49.6 Å². The number of nitrogens with one attached hydrogen (secondary N) is 1. The van der Waals surface area contributed by atoms with Gasteiger partial charge in [-0.15, -0.1) is 0 Å². The van der Waals surface area contributed by atoms with Gasteiger partial charge in [-0.1, -0.05) is 30.3 Å². The van der Waals surface area contributed by atoms with E-state index in [0.29, 0.717) is 17.7 Å². The van der Waals surface area contributed by atoms with Gasteiger partial charge in [-0.2, -0.15) is 0 Å². The first-order chi connectivity index (χ1) is 16.9. The van der Waals surface area contributed by atoms with Crippen LogP contribution in [-0.2, 0) is 13.0 Å². The standard InChI is InChI=1S/C26H22FN3O5/c1-35-20-11-7-18(8-12-20)16-29-23-3-2-4-24(30(33)34)21(23)15-22(26(29)32)25(31)28-14-13-17-5-9-19(27)10-6-17/h2-12,15H,13-14,16H2,1H3,(H,28,31). The average molecular weight is 475 g/mol. The number of hydrogen-bond donors (Lipinski definition) is 1. The van der Waals surface area contributed by atoms with Crippen LogP contribution in [0.15, 0.2) is 77.6 Å². The molecule has 0 aliphatic heterocycles. The SMILES string of the molecule is COc1ccc(Cn2c(=O)c(C(=O)NCCc3ccc(F)cc3)cc3c([N+](=O)[O-])cccc32)cc1. The number of benzene rings is 3. The predicted molar refractivity (Wildman–Crippen MR) is 129 cm³/mol. The lowest BCUT2D eigenvalue weighted by atomic mass is 10.1. The minimum Gasteiger partial charge on any atom is -0.497 e. The van der Waals surface area contributed by atoms with Gasteiger partial charge in [0.05, 0.1) is 29.5 Å². The van der Waals surface area contributed by atoms with Crippen molar-refractivity contribution in [3.05, 3.63) is 116 Å². The van der Waals surface area contributed by atoms with Crippen molar-refractivity contribution < 1.29 is 18.8 Å². The maximum atomic E-state index is 13.4. The van der Waals surface area contributed by atoms with Crippen LogP contribution in [0.25, 0.3) is 10.9 Å². The first-order valence-corrected chi connectivity index (χ1v) is 10.8. The van der Waals surface area contributed by atoms with Crippen LogP contribution >= 0.6 is 0 Å². The van der Waals surface area contributed by atoms with Gasteiger partial charge in [0.25, 0.3) is 17.2 Å². The van der Waals surface area contributed by atoms with Crippen molar-refractivity contribution in [1.82, 2.24) is 9.88 Å². The number of carbonyl (C=O) groups is 1. The summed E-state index contributed by atoms with van der Waals surface area (Å²) in [5.41, 5.74) is 0.967. The van der Waals surface area contributed by atoms with Crippen molar-refractivity contribution in [1.29, 1.82) is 0 Å². The maximum absolute atomic E-state index is 13.4. The Morgan fingerprint density at radius 1 is 1.06 bits per heavy atom. The van der Waals surface area contributed by atoms with Crippen molar-refractivity contribution in [2.75, 3.05) is 13.7 Å². The molecule has 1 amide bonds. The zero-order chi connectivity index (χ0) is 24.9. The molecule has 4 rings (SSSR count). The Morgan fingerprint density at radius 3 is 2.40 bits per heavy atom. The minimum atomic E-state index is -0.638. The normalized spacial score (nSPS) is 10.8. The third kappa shape index (κ3) is 5.19. The highest BCUT2D eigenvalue weighted by atomic mass is 19.1. The third-order valence-corrected chi connectivity index (χ3v) is 5.67. The van der Waals surface area contributed by atoms with Gasteiger partial charge in [0.2, 0.25) is 0 Å². The Bertz CT molecular complexity index is 1450. The molecule has 9 heteroatoms. The summed E-state index contributed by atoms with van der Waals surface area (Å²) in [5.74, 6) is -0.343. The van der Waals surface area contributed by atoms with Crippen molar-refractivity contribution in [3.8, 4) is 5.75 Å². The number of nitro groups is 1. The average Bonchev–Trinajstić information content (AvgIpc) is 2.86. The van der Waals surface area contributed by atoms with Crippen molar-refractivity contribution in [2.45, 2.75) is 13.0 Å². The number of halogens is 1. The van der Waals surface area contributed by atoms with Gasteiger partial charge in [-0.05, 0) is 53.9 Å². The number of pyridine rings is 1. The summed E-state index contributed by atoms with van der Waals surface area (Å²) in [6, 6.07) is 18.7. The van der Waals surface area contributed by atoms with Crippen LogP contribution in [0, 0.1) is 15.9 Å². The summed E-state index contributed by atoms with van der Waals surface area (Å²) in [4.78, 5) is 37.4. The van der Waals surface area contributed by atoms with E-state index in [9.17, 15) is 24.1 Å². The van der Waals surface area contributed by atoms with Crippen LogP contribution in [0.5, 0.6) is 5.75 Å². The quantitative estimate of drug-likeness (QED) is 0.306. The molecule has 3 aromatic carbocycles. The maximum Gasteiger partial charge on any atom is 0.278 e. The second kappa shape index (κ2) is 10.2. The number of amides is 1. The number of aromatic nitrogens is 1. The molecule has 0 fully saturated rings. The van der Waals surface area contributed by atoms with Gasteiger partial charge < -0.3 is 14.6 Å². The minimum absolute atomic E-state index is 0.108. The molecule has 0 bridgehead atoms. The number of nitrogens with zero attached hydrogens (tertiary/aromatic N) is 2. The first kappa shape index (κ1) is 23.6. The largest absolute Gasteiger partial charge is 0.497 e. The molecule has 1 aromatic heterocycles. The molecule has 0 saturated carbocycles. The molecule has 0 saturated heterocycles. The fourth-order valence-corrected chi connectivity index (χ4v) is 3.84. The lowest BCUT2D eigenvalue weighted by Crippen LogP contribution is -2.34. The Balaban J connectivity index is 1.70. The molecule has 8 nitrogen and oxygen atoms in total. The highest BCUT2D eigenvalue weighted by Crippen LogP contribution is 2.26. The van der Waals surface area contributed by atoms with E-state index >= 15 is 0 Å². The zero-order valence-corrected chi connectivity index (χ0v) is 18.9. The van der Waals surface area contributed by atoms with Gasteiger partial charge >= 0.3 is 0 Å². The molecule has 0 aliphatic carbocycles. The molecule has 0 atom stereocenters. The van der Waals surface area contributed by atoms with E-state index in [1.807, 2.05) is 0 Å². The van der Waals surface area contributed by atoms with Crippen molar-refractivity contribution in [3.63, 3.8) is 0 Å². The number of non-ortho nitro benzene ring substituents is 1. The number of fused-ring (bicyclic) bond motifs is 1. The Kier molecular flexibility index (Phi) is 6.86. The van der Waals surface area contributed by atoms with E-state index in [0.717, 1.165) is 11.1 Å². The summed E-state index contributed by atoms with van der Waals surface area (Å²) in [6.45, 7) is 0.314. The number of carbonyl (C=O) groups excluding carboxylic acids is 1. The summed E-state index contributed by atoms with van der Waals surface area (Å²) in [5, 5.41) is 14.5. The topological polar surface area (TPSA) is 103 Å². The monoisotopic (exact) mass is 475 g/mol. The fourth-order valence-electron chi connectivity index (χ4n) is 3.84. The smallest absolute Gasteiger partial charge is 0.278 e. The number of rotatable bonds is 8. The van der Waals surface area contributed by atoms with E-state index in [1.165, 1.54) is 34.9 Å². The number of hydrogen-bond acceptors (Lipinski definition) is 5.